The summed E-state index contributed by atoms with van der Waals surface area (Å²) in [5, 5.41) is 2.59. The van der Waals surface area contributed by atoms with E-state index < -0.39 is 34.5 Å². The second kappa shape index (κ2) is 9.59. The highest BCUT2D eigenvalue weighted by Crippen LogP contribution is 2.32. The van der Waals surface area contributed by atoms with Crippen LogP contribution in [0, 0.1) is 0 Å². The van der Waals surface area contributed by atoms with E-state index in [2.05, 4.69) is 10.0 Å². The number of amides is 1. The fraction of sp³-hybridized carbons (Fsp3) is 0.300. The molecule has 9 nitrogen and oxygen atoms in total. The second-order valence-electron chi connectivity index (χ2n) is 6.52. The van der Waals surface area contributed by atoms with Crippen LogP contribution in [0.2, 0.25) is 0 Å². The van der Waals surface area contributed by atoms with E-state index in [0.717, 1.165) is 6.42 Å². The van der Waals surface area contributed by atoms with Crippen molar-refractivity contribution in [2.45, 2.75) is 24.3 Å². The first-order valence-corrected chi connectivity index (χ1v) is 10.8. The number of esters is 1. The fourth-order valence-corrected chi connectivity index (χ4v) is 3.86. The third-order valence-electron chi connectivity index (χ3n) is 4.12. The molecule has 3 rings (SSSR count). The lowest BCUT2D eigenvalue weighted by Gasteiger charge is -2.14. The molecule has 0 radical (unpaired) electrons. The van der Waals surface area contributed by atoms with Gasteiger partial charge >= 0.3 is 5.97 Å². The molecule has 0 bridgehead atoms. The second-order valence-corrected chi connectivity index (χ2v) is 8.24. The zero-order valence-electron chi connectivity index (χ0n) is 16.3. The van der Waals surface area contributed by atoms with E-state index in [4.69, 9.17) is 14.2 Å². The summed E-state index contributed by atoms with van der Waals surface area (Å²) in [6, 6.07) is 11.4. The zero-order valence-corrected chi connectivity index (χ0v) is 17.1. The Bertz CT molecular complexity index is 1010. The average molecular weight is 434 g/mol. The lowest BCUT2D eigenvalue weighted by Crippen LogP contribution is -2.40. The van der Waals surface area contributed by atoms with Crippen LogP contribution in [0.25, 0.3) is 0 Å². The van der Waals surface area contributed by atoms with Gasteiger partial charge < -0.3 is 19.5 Å². The minimum absolute atomic E-state index is 0.0248. The summed E-state index contributed by atoms with van der Waals surface area (Å²) in [4.78, 5) is 24.2. The van der Waals surface area contributed by atoms with Crippen LogP contribution < -0.4 is 19.5 Å². The van der Waals surface area contributed by atoms with Crippen molar-refractivity contribution >= 4 is 27.6 Å². The predicted molar refractivity (Wildman–Crippen MR) is 108 cm³/mol. The first-order valence-electron chi connectivity index (χ1n) is 9.29. The molecule has 0 saturated heterocycles. The van der Waals surface area contributed by atoms with Crippen LogP contribution in [0.5, 0.6) is 11.5 Å². The predicted octanol–water partition coefficient (Wildman–Crippen LogP) is 1.70. The number of benzene rings is 2. The Kier molecular flexibility index (Phi) is 6.91. The van der Waals surface area contributed by atoms with E-state index in [0.29, 0.717) is 30.4 Å². The van der Waals surface area contributed by atoms with Crippen molar-refractivity contribution in [2.75, 3.05) is 25.1 Å². The van der Waals surface area contributed by atoms with Gasteiger partial charge in [-0.3, -0.25) is 9.59 Å². The zero-order chi connectivity index (χ0) is 21.6. The van der Waals surface area contributed by atoms with Gasteiger partial charge in [-0.1, -0.05) is 18.2 Å². The van der Waals surface area contributed by atoms with Gasteiger partial charge in [0.1, 0.15) is 6.04 Å². The van der Waals surface area contributed by atoms with Crippen molar-refractivity contribution in [1.29, 1.82) is 0 Å². The molecular formula is C20H22N2O7S. The van der Waals surface area contributed by atoms with E-state index in [1.54, 1.807) is 36.4 Å². The third kappa shape index (κ3) is 5.71. The summed E-state index contributed by atoms with van der Waals surface area (Å²) in [5.41, 5.74) is 0.457. The van der Waals surface area contributed by atoms with E-state index in [1.165, 1.54) is 19.1 Å². The van der Waals surface area contributed by atoms with Crippen molar-refractivity contribution in [3.63, 3.8) is 0 Å². The maximum atomic E-state index is 12.2. The van der Waals surface area contributed by atoms with E-state index in [9.17, 15) is 18.0 Å². The number of rotatable bonds is 7. The van der Waals surface area contributed by atoms with Crippen LogP contribution in [-0.2, 0) is 24.3 Å². The SMILES string of the molecule is CC(NS(=O)(=O)c1ccccc1)C(=O)OCC(=O)Nc1ccc2c(c1)OCCCO2. The van der Waals surface area contributed by atoms with Crippen molar-refractivity contribution in [2.24, 2.45) is 0 Å². The number of carbonyl (C=O) groups excluding carboxylic acids is 2. The maximum absolute atomic E-state index is 12.2. The Labute approximate surface area is 174 Å². The minimum atomic E-state index is -3.88. The summed E-state index contributed by atoms with van der Waals surface area (Å²) in [6.07, 6.45) is 0.762. The molecule has 1 aliphatic rings. The van der Waals surface area contributed by atoms with Crippen LogP contribution in [0.1, 0.15) is 13.3 Å². The molecule has 1 amide bonds. The van der Waals surface area contributed by atoms with Gasteiger partial charge in [-0.05, 0) is 31.2 Å². The van der Waals surface area contributed by atoms with Gasteiger partial charge in [-0.2, -0.15) is 4.72 Å². The lowest BCUT2D eigenvalue weighted by atomic mass is 10.2. The Hall–Kier alpha value is -3.11. The van der Waals surface area contributed by atoms with Gasteiger partial charge in [0.25, 0.3) is 5.91 Å². The Morgan fingerprint density at radius 3 is 2.50 bits per heavy atom. The molecule has 1 heterocycles. The molecule has 2 aromatic carbocycles. The molecule has 0 aliphatic carbocycles. The van der Waals surface area contributed by atoms with Crippen molar-refractivity contribution < 1.29 is 32.2 Å². The molecule has 0 fully saturated rings. The van der Waals surface area contributed by atoms with Gasteiger partial charge in [0.2, 0.25) is 10.0 Å². The molecule has 1 atom stereocenters. The normalized spacial score (nSPS) is 14.3. The van der Waals surface area contributed by atoms with Crippen molar-refractivity contribution in [3.05, 3.63) is 48.5 Å². The monoisotopic (exact) mass is 434 g/mol. The molecule has 0 aromatic heterocycles. The summed E-state index contributed by atoms with van der Waals surface area (Å²) in [6.45, 7) is 1.84. The third-order valence-corrected chi connectivity index (χ3v) is 5.67. The van der Waals surface area contributed by atoms with E-state index in [-0.39, 0.29) is 4.90 Å². The highest BCUT2D eigenvalue weighted by molar-refractivity contribution is 7.89. The smallest absolute Gasteiger partial charge is 0.324 e. The van der Waals surface area contributed by atoms with Crippen molar-refractivity contribution in [3.8, 4) is 11.5 Å². The summed E-state index contributed by atoms with van der Waals surface area (Å²) >= 11 is 0. The standard InChI is InChI=1S/C20H22N2O7S/c1-14(22-30(25,26)16-6-3-2-4-7-16)20(24)29-13-19(23)21-15-8-9-17-18(12-15)28-11-5-10-27-17/h2-4,6-9,12,14,22H,5,10-11,13H2,1H3,(H,21,23). The minimum Gasteiger partial charge on any atom is -0.490 e. The van der Waals surface area contributed by atoms with Crippen LogP contribution in [0.15, 0.2) is 53.4 Å². The van der Waals surface area contributed by atoms with Gasteiger partial charge in [-0.25, -0.2) is 8.42 Å². The van der Waals surface area contributed by atoms with Crippen LogP contribution >= 0.6 is 0 Å². The number of ether oxygens (including phenoxy) is 3. The summed E-state index contributed by atoms with van der Waals surface area (Å²) in [7, 11) is -3.88. The quantitative estimate of drug-likeness (QED) is 0.637. The van der Waals surface area contributed by atoms with E-state index in [1.807, 2.05) is 0 Å². The Morgan fingerprint density at radius 2 is 1.77 bits per heavy atom. The van der Waals surface area contributed by atoms with Crippen LogP contribution in [0.4, 0.5) is 5.69 Å². The van der Waals surface area contributed by atoms with Gasteiger partial charge in [0.15, 0.2) is 18.1 Å². The average Bonchev–Trinajstić information content (AvgIpc) is 2.97. The number of hydrogen-bond acceptors (Lipinski definition) is 7. The lowest BCUT2D eigenvalue weighted by molar-refractivity contribution is -0.148. The van der Waals surface area contributed by atoms with E-state index >= 15 is 0 Å². The number of anilines is 1. The first-order chi connectivity index (χ1) is 14.3. The molecule has 160 valence electrons. The van der Waals surface area contributed by atoms with Crippen LogP contribution in [-0.4, -0.2) is 46.2 Å². The highest BCUT2D eigenvalue weighted by atomic mass is 32.2. The number of carbonyl (C=O) groups is 2. The number of fused-ring (bicyclic) bond motifs is 1. The van der Waals surface area contributed by atoms with Crippen LogP contribution in [0.3, 0.4) is 0 Å². The number of nitrogens with one attached hydrogen (secondary N) is 2. The molecular weight excluding hydrogens is 412 g/mol. The molecule has 0 spiro atoms. The molecule has 0 saturated carbocycles. The molecule has 2 aromatic rings. The largest absolute Gasteiger partial charge is 0.490 e. The molecule has 30 heavy (non-hydrogen) atoms. The van der Waals surface area contributed by atoms with Gasteiger partial charge in [0, 0.05) is 18.2 Å². The molecule has 10 heteroatoms. The number of sulfonamides is 1. The summed E-state index contributed by atoms with van der Waals surface area (Å²) in [5.74, 6) is -0.332. The van der Waals surface area contributed by atoms with Gasteiger partial charge in [-0.15, -0.1) is 0 Å². The first kappa shape index (κ1) is 21.6. The van der Waals surface area contributed by atoms with Crippen molar-refractivity contribution in [1.82, 2.24) is 4.72 Å². The Morgan fingerprint density at radius 1 is 1.07 bits per heavy atom. The molecule has 1 aliphatic heterocycles. The molecule has 2 N–H and O–H groups in total. The molecule has 1 unspecified atom stereocenters. The number of hydrogen-bond donors (Lipinski definition) is 2. The van der Waals surface area contributed by atoms with Gasteiger partial charge in [0.05, 0.1) is 18.1 Å². The summed E-state index contributed by atoms with van der Waals surface area (Å²) < 4.78 is 42.7. The Balaban J connectivity index is 1.50. The topological polar surface area (TPSA) is 120 Å². The fourth-order valence-electron chi connectivity index (χ4n) is 2.65. The maximum Gasteiger partial charge on any atom is 0.324 e. The highest BCUT2D eigenvalue weighted by Gasteiger charge is 2.23.